The van der Waals surface area contributed by atoms with E-state index in [4.69, 9.17) is 8.94 Å². The fourth-order valence-electron chi connectivity index (χ4n) is 4.70. The van der Waals surface area contributed by atoms with Gasteiger partial charge in [0.1, 0.15) is 6.26 Å². The molecule has 0 unspecified atom stereocenters. The molecule has 1 amide bonds. The average Bonchev–Trinajstić information content (AvgIpc) is 3.65. The van der Waals surface area contributed by atoms with Crippen molar-refractivity contribution in [1.29, 1.82) is 0 Å². The van der Waals surface area contributed by atoms with Gasteiger partial charge >= 0.3 is 0 Å². The van der Waals surface area contributed by atoms with Crippen LogP contribution in [0, 0.1) is 27.7 Å². The number of anilines is 1. The average molecular weight is 575 g/mol. The SMILES string of the molecule is Cc1noc(NS(=O)(=O)c2ccccc2-c2ccc(-c3ncco3)cc2CN(C)C(=O)c2c(C)nn(C)c2C)c1C. The van der Waals surface area contributed by atoms with E-state index in [2.05, 4.69) is 20.0 Å². The van der Waals surface area contributed by atoms with Crippen molar-refractivity contribution in [2.75, 3.05) is 11.8 Å². The molecule has 11 nitrogen and oxygen atoms in total. The monoisotopic (exact) mass is 574 g/mol. The lowest BCUT2D eigenvalue weighted by Gasteiger charge is -2.21. The first kappa shape index (κ1) is 27.8. The quantitative estimate of drug-likeness (QED) is 0.272. The summed E-state index contributed by atoms with van der Waals surface area (Å²) in [5.41, 5.74) is 5.59. The van der Waals surface area contributed by atoms with Crippen molar-refractivity contribution in [2.45, 2.75) is 39.1 Å². The van der Waals surface area contributed by atoms with Gasteiger partial charge in [-0.15, -0.1) is 0 Å². The normalized spacial score (nSPS) is 11.6. The Kier molecular flexibility index (Phi) is 7.26. The number of nitrogens with zero attached hydrogens (tertiary/aromatic N) is 5. The summed E-state index contributed by atoms with van der Waals surface area (Å²) >= 11 is 0. The highest BCUT2D eigenvalue weighted by molar-refractivity contribution is 7.92. The minimum atomic E-state index is -4.07. The minimum absolute atomic E-state index is 0.0477. The van der Waals surface area contributed by atoms with Crippen LogP contribution >= 0.6 is 0 Å². The van der Waals surface area contributed by atoms with Gasteiger partial charge in [-0.05, 0) is 57.0 Å². The molecule has 0 aliphatic rings. The van der Waals surface area contributed by atoms with E-state index in [0.29, 0.717) is 50.7 Å². The Balaban J connectivity index is 1.59. The molecular formula is C29H30N6O5S. The van der Waals surface area contributed by atoms with Gasteiger partial charge in [0.2, 0.25) is 11.8 Å². The van der Waals surface area contributed by atoms with Crippen LogP contribution in [0.15, 0.2) is 68.8 Å². The van der Waals surface area contributed by atoms with E-state index < -0.39 is 10.0 Å². The van der Waals surface area contributed by atoms with Crippen LogP contribution in [0.4, 0.5) is 5.88 Å². The van der Waals surface area contributed by atoms with E-state index in [1.54, 1.807) is 68.8 Å². The first-order chi connectivity index (χ1) is 19.5. The van der Waals surface area contributed by atoms with Gasteiger partial charge in [0.25, 0.3) is 15.9 Å². The van der Waals surface area contributed by atoms with E-state index >= 15 is 0 Å². The molecule has 0 atom stereocenters. The lowest BCUT2D eigenvalue weighted by molar-refractivity contribution is 0.0783. The molecule has 212 valence electrons. The van der Waals surface area contributed by atoms with Gasteiger partial charge in [0, 0.05) is 43.0 Å². The van der Waals surface area contributed by atoms with Crippen LogP contribution in [0.25, 0.3) is 22.6 Å². The van der Waals surface area contributed by atoms with E-state index in [-0.39, 0.29) is 23.2 Å². The van der Waals surface area contributed by atoms with Crippen LogP contribution in [0.3, 0.4) is 0 Å². The number of aryl methyl sites for hydroxylation is 3. The minimum Gasteiger partial charge on any atom is -0.445 e. The summed E-state index contributed by atoms with van der Waals surface area (Å²) in [5.74, 6) is 0.271. The molecule has 12 heteroatoms. The maximum Gasteiger partial charge on any atom is 0.264 e. The smallest absolute Gasteiger partial charge is 0.264 e. The molecular weight excluding hydrogens is 544 g/mol. The molecule has 5 rings (SSSR count). The second-order valence-electron chi connectivity index (χ2n) is 9.86. The maximum absolute atomic E-state index is 13.6. The van der Waals surface area contributed by atoms with E-state index in [0.717, 1.165) is 5.69 Å². The summed E-state index contributed by atoms with van der Waals surface area (Å²) in [4.78, 5) is 19.4. The zero-order valence-corrected chi connectivity index (χ0v) is 24.4. The van der Waals surface area contributed by atoms with Crippen molar-refractivity contribution in [1.82, 2.24) is 24.8 Å². The second-order valence-corrected chi connectivity index (χ2v) is 11.5. The Bertz CT molecular complexity index is 1850. The molecule has 41 heavy (non-hydrogen) atoms. The summed E-state index contributed by atoms with van der Waals surface area (Å²) < 4.78 is 42.2. The number of hydrogen-bond acceptors (Lipinski definition) is 8. The molecule has 0 fully saturated rings. The van der Waals surface area contributed by atoms with Gasteiger partial charge in [-0.2, -0.15) is 5.10 Å². The lowest BCUT2D eigenvalue weighted by Crippen LogP contribution is -2.27. The number of aromatic nitrogens is 4. The third kappa shape index (κ3) is 5.25. The Morgan fingerprint density at radius 1 is 1.05 bits per heavy atom. The molecule has 0 spiro atoms. The van der Waals surface area contributed by atoms with Gasteiger partial charge in [0.15, 0.2) is 0 Å². The number of rotatable bonds is 8. The van der Waals surface area contributed by atoms with Gasteiger partial charge in [-0.25, -0.2) is 18.1 Å². The van der Waals surface area contributed by atoms with Gasteiger partial charge in [-0.3, -0.25) is 9.48 Å². The largest absolute Gasteiger partial charge is 0.445 e. The topological polar surface area (TPSA) is 136 Å². The third-order valence-corrected chi connectivity index (χ3v) is 8.50. The van der Waals surface area contributed by atoms with Gasteiger partial charge < -0.3 is 13.8 Å². The molecule has 0 aliphatic carbocycles. The fourth-order valence-corrected chi connectivity index (χ4v) is 5.97. The van der Waals surface area contributed by atoms with E-state index in [9.17, 15) is 13.2 Å². The number of hydrogen-bond donors (Lipinski definition) is 1. The molecule has 2 aromatic carbocycles. The predicted octanol–water partition coefficient (Wildman–Crippen LogP) is 5.04. The zero-order valence-electron chi connectivity index (χ0n) is 23.6. The molecule has 3 aromatic heterocycles. The second kappa shape index (κ2) is 10.7. The van der Waals surface area contributed by atoms with Crippen LogP contribution < -0.4 is 4.72 Å². The molecule has 1 N–H and O–H groups in total. The van der Waals surface area contributed by atoms with Crippen molar-refractivity contribution in [2.24, 2.45) is 7.05 Å². The number of benzene rings is 2. The predicted molar refractivity (Wildman–Crippen MR) is 153 cm³/mol. The van der Waals surface area contributed by atoms with Crippen molar-refractivity contribution < 1.29 is 22.2 Å². The number of oxazole rings is 1. The number of sulfonamides is 1. The van der Waals surface area contributed by atoms with E-state index in [1.165, 1.54) is 12.3 Å². The summed E-state index contributed by atoms with van der Waals surface area (Å²) in [5, 5.41) is 8.23. The van der Waals surface area contributed by atoms with Crippen LogP contribution in [0.2, 0.25) is 0 Å². The molecule has 3 heterocycles. The summed E-state index contributed by atoms with van der Waals surface area (Å²) in [6.07, 6.45) is 3.03. The Labute approximate surface area is 237 Å². The van der Waals surface area contributed by atoms with Crippen molar-refractivity contribution >= 4 is 21.8 Å². The fraction of sp³-hybridized carbons (Fsp3) is 0.241. The van der Waals surface area contributed by atoms with Crippen LogP contribution in [-0.4, -0.2) is 46.2 Å². The van der Waals surface area contributed by atoms with Crippen molar-refractivity contribution in [3.63, 3.8) is 0 Å². The Hall–Kier alpha value is -4.71. The molecule has 0 saturated heterocycles. The standard InChI is InChI=1S/C29H30N6O5S/c1-17-18(2)32-40-27(17)33-41(37,38)25-10-8-7-9-24(25)23-12-11-21(28-30-13-14-39-28)15-22(23)16-34(5)29(36)26-19(3)31-35(6)20(26)4/h7-15,33H,16H2,1-6H3. The van der Waals surface area contributed by atoms with Gasteiger partial charge in [-0.1, -0.05) is 29.4 Å². The highest BCUT2D eigenvalue weighted by atomic mass is 32.2. The van der Waals surface area contributed by atoms with Crippen molar-refractivity contribution in [3.8, 4) is 22.6 Å². The number of amides is 1. The summed E-state index contributed by atoms with van der Waals surface area (Å²) in [6.45, 7) is 7.29. The highest BCUT2D eigenvalue weighted by Gasteiger charge is 2.26. The number of carbonyl (C=O) groups is 1. The van der Waals surface area contributed by atoms with Crippen molar-refractivity contribution in [3.05, 3.63) is 88.7 Å². The first-order valence-electron chi connectivity index (χ1n) is 12.8. The summed E-state index contributed by atoms with van der Waals surface area (Å²) in [6, 6.07) is 12.2. The molecule has 0 bridgehead atoms. The number of nitrogens with one attached hydrogen (secondary N) is 1. The maximum atomic E-state index is 13.6. The van der Waals surface area contributed by atoms with Crippen LogP contribution in [-0.2, 0) is 23.6 Å². The lowest BCUT2D eigenvalue weighted by atomic mass is 9.96. The first-order valence-corrected chi connectivity index (χ1v) is 14.3. The summed E-state index contributed by atoms with van der Waals surface area (Å²) in [7, 11) is -0.575. The third-order valence-electron chi connectivity index (χ3n) is 7.11. The van der Waals surface area contributed by atoms with E-state index in [1.807, 2.05) is 25.1 Å². The van der Waals surface area contributed by atoms with Crippen LogP contribution in [0.5, 0.6) is 0 Å². The molecule has 5 aromatic rings. The highest BCUT2D eigenvalue weighted by Crippen LogP contribution is 2.35. The molecule has 0 radical (unpaired) electrons. The molecule has 0 saturated carbocycles. The Morgan fingerprint density at radius 3 is 2.44 bits per heavy atom. The van der Waals surface area contributed by atoms with Crippen LogP contribution in [0.1, 0.15) is 38.6 Å². The zero-order chi connectivity index (χ0) is 29.5. The molecule has 0 aliphatic heterocycles. The Morgan fingerprint density at radius 2 is 1.80 bits per heavy atom. The number of carbonyl (C=O) groups excluding carboxylic acids is 1. The van der Waals surface area contributed by atoms with Gasteiger partial charge in [0.05, 0.1) is 28.0 Å².